The maximum atomic E-state index is 12.5. The molecule has 2 aromatic heterocycles. The lowest BCUT2D eigenvalue weighted by Crippen LogP contribution is -2.28. The number of hydrogen-bond acceptors (Lipinski definition) is 5. The summed E-state index contributed by atoms with van der Waals surface area (Å²) in [4.78, 5) is 21.2. The van der Waals surface area contributed by atoms with Crippen LogP contribution < -0.4 is 5.49 Å². The Morgan fingerprint density at radius 2 is 2.30 bits per heavy atom. The summed E-state index contributed by atoms with van der Waals surface area (Å²) in [7, 11) is 1.61. The van der Waals surface area contributed by atoms with Gasteiger partial charge in [-0.05, 0) is 26.0 Å². The quantitative estimate of drug-likeness (QED) is 0.866. The zero-order valence-corrected chi connectivity index (χ0v) is 12.6. The fourth-order valence-corrected chi connectivity index (χ4v) is 2.44. The first kappa shape index (κ1) is 14.6. The number of carbonyl (C=O) groups excluding carboxylic acids is 1. The normalized spacial score (nSPS) is 12.1. The van der Waals surface area contributed by atoms with Gasteiger partial charge in [0.25, 0.3) is 5.91 Å². The van der Waals surface area contributed by atoms with Crippen molar-refractivity contribution in [3.05, 3.63) is 46.0 Å². The summed E-state index contributed by atoms with van der Waals surface area (Å²) in [6.45, 7) is 4.36. The summed E-state index contributed by atoms with van der Waals surface area (Å²) in [6, 6.07) is 5.61. The van der Waals surface area contributed by atoms with Crippen LogP contribution in [0.3, 0.4) is 0 Å². The summed E-state index contributed by atoms with van der Waals surface area (Å²) < 4.78 is 6.53. The minimum atomic E-state index is -0.177. The fourth-order valence-electron chi connectivity index (χ4n) is 1.70. The van der Waals surface area contributed by atoms with Crippen molar-refractivity contribution in [3.63, 3.8) is 0 Å². The molecule has 20 heavy (non-hydrogen) atoms. The van der Waals surface area contributed by atoms with Gasteiger partial charge in [0.2, 0.25) is 0 Å². The molecule has 0 atom stereocenters. The molecule has 0 aliphatic heterocycles. The lowest BCUT2D eigenvalue weighted by Gasteiger charge is -2.05. The Labute approximate surface area is 121 Å². The van der Waals surface area contributed by atoms with Crippen molar-refractivity contribution in [2.24, 2.45) is 4.99 Å². The Bertz CT molecular complexity index is 658. The maximum absolute atomic E-state index is 12.5. The standard InChI is InChI=1S/C14H17N3O2S/c1-10(2)15-12-6-4-5-7-17(12)14(18)11-9-20-13(16-11)8-19-3/h4-7,9-10H,8H2,1-3H3. The second-order valence-corrected chi connectivity index (χ2v) is 5.46. The number of nitrogens with zero attached hydrogens (tertiary/aromatic N) is 3. The zero-order chi connectivity index (χ0) is 14.5. The molecular formula is C14H17N3O2S. The number of methoxy groups -OCH3 is 1. The van der Waals surface area contributed by atoms with Gasteiger partial charge in [0.05, 0.1) is 6.61 Å². The summed E-state index contributed by atoms with van der Waals surface area (Å²) in [5.74, 6) is -0.177. The van der Waals surface area contributed by atoms with E-state index in [0.717, 1.165) is 5.01 Å². The van der Waals surface area contributed by atoms with E-state index in [1.54, 1.807) is 24.8 Å². The average Bonchev–Trinajstić information content (AvgIpc) is 2.87. The Kier molecular flexibility index (Phi) is 4.81. The molecule has 2 heterocycles. The van der Waals surface area contributed by atoms with Crippen molar-refractivity contribution >= 4 is 17.2 Å². The molecule has 0 aliphatic rings. The van der Waals surface area contributed by atoms with E-state index in [-0.39, 0.29) is 11.9 Å². The number of carbonyl (C=O) groups is 1. The van der Waals surface area contributed by atoms with Crippen molar-refractivity contribution in [2.45, 2.75) is 26.5 Å². The van der Waals surface area contributed by atoms with E-state index >= 15 is 0 Å². The van der Waals surface area contributed by atoms with Gasteiger partial charge in [-0.3, -0.25) is 14.4 Å². The molecule has 0 fully saturated rings. The number of aromatic nitrogens is 2. The first-order valence-electron chi connectivity index (χ1n) is 6.31. The van der Waals surface area contributed by atoms with Gasteiger partial charge in [-0.25, -0.2) is 4.98 Å². The molecule has 0 unspecified atom stereocenters. The molecule has 2 rings (SSSR count). The Hall–Kier alpha value is -1.79. The van der Waals surface area contributed by atoms with Crippen molar-refractivity contribution in [1.82, 2.24) is 9.55 Å². The molecule has 0 amide bonds. The highest BCUT2D eigenvalue weighted by atomic mass is 32.1. The van der Waals surface area contributed by atoms with Gasteiger partial charge < -0.3 is 4.74 Å². The maximum Gasteiger partial charge on any atom is 0.282 e. The first-order valence-corrected chi connectivity index (χ1v) is 7.19. The number of thiazole rings is 1. The molecule has 0 spiro atoms. The van der Waals surface area contributed by atoms with Crippen LogP contribution in [0.1, 0.15) is 29.3 Å². The summed E-state index contributed by atoms with van der Waals surface area (Å²) >= 11 is 1.42. The number of hydrogen-bond donors (Lipinski definition) is 0. The summed E-state index contributed by atoms with van der Waals surface area (Å²) in [6.07, 6.45) is 1.71. The van der Waals surface area contributed by atoms with Crippen LogP contribution in [0.5, 0.6) is 0 Å². The third-order valence-electron chi connectivity index (χ3n) is 2.49. The highest BCUT2D eigenvalue weighted by Gasteiger charge is 2.13. The molecular weight excluding hydrogens is 274 g/mol. The van der Waals surface area contributed by atoms with Crippen LogP contribution in [-0.2, 0) is 11.3 Å². The molecule has 106 valence electrons. The minimum Gasteiger partial charge on any atom is -0.378 e. The molecule has 0 N–H and O–H groups in total. The second-order valence-electron chi connectivity index (χ2n) is 4.52. The molecule has 2 aromatic rings. The summed E-state index contributed by atoms with van der Waals surface area (Å²) in [5, 5.41) is 2.53. The van der Waals surface area contributed by atoms with Gasteiger partial charge in [-0.1, -0.05) is 6.07 Å². The number of pyridine rings is 1. The Balaban J connectivity index is 2.38. The van der Waals surface area contributed by atoms with Gasteiger partial charge in [0.15, 0.2) is 0 Å². The predicted molar refractivity (Wildman–Crippen MR) is 77.7 cm³/mol. The zero-order valence-electron chi connectivity index (χ0n) is 11.7. The average molecular weight is 291 g/mol. The molecule has 0 bridgehead atoms. The van der Waals surface area contributed by atoms with E-state index in [1.807, 2.05) is 26.0 Å². The Morgan fingerprint density at radius 1 is 1.50 bits per heavy atom. The largest absolute Gasteiger partial charge is 0.378 e. The number of rotatable bonds is 4. The van der Waals surface area contributed by atoms with Crippen molar-refractivity contribution in [1.29, 1.82) is 0 Å². The molecule has 0 aromatic carbocycles. The lowest BCUT2D eigenvalue weighted by atomic mass is 10.4. The van der Waals surface area contributed by atoms with E-state index in [1.165, 1.54) is 15.9 Å². The van der Waals surface area contributed by atoms with Crippen LogP contribution in [0.15, 0.2) is 34.8 Å². The van der Waals surface area contributed by atoms with Crippen LogP contribution in [0.2, 0.25) is 0 Å². The molecule has 6 heteroatoms. The molecule has 0 saturated carbocycles. The molecule has 0 aliphatic carbocycles. The van der Waals surface area contributed by atoms with Crippen molar-refractivity contribution in [2.75, 3.05) is 7.11 Å². The van der Waals surface area contributed by atoms with Gasteiger partial charge in [0.1, 0.15) is 16.2 Å². The summed E-state index contributed by atoms with van der Waals surface area (Å²) in [5.41, 5.74) is 1.05. The van der Waals surface area contributed by atoms with Crippen LogP contribution >= 0.6 is 11.3 Å². The smallest absolute Gasteiger partial charge is 0.282 e. The second kappa shape index (κ2) is 6.58. The van der Waals surface area contributed by atoms with E-state index in [0.29, 0.717) is 17.8 Å². The third-order valence-corrected chi connectivity index (χ3v) is 3.31. The van der Waals surface area contributed by atoms with E-state index in [2.05, 4.69) is 9.98 Å². The van der Waals surface area contributed by atoms with Gasteiger partial charge in [-0.2, -0.15) is 0 Å². The monoisotopic (exact) mass is 291 g/mol. The molecule has 5 nitrogen and oxygen atoms in total. The first-order chi connectivity index (χ1) is 9.61. The highest BCUT2D eigenvalue weighted by molar-refractivity contribution is 7.09. The van der Waals surface area contributed by atoms with Crippen molar-refractivity contribution < 1.29 is 9.53 Å². The lowest BCUT2D eigenvalue weighted by molar-refractivity contribution is 0.0949. The Morgan fingerprint density at radius 3 is 3.00 bits per heavy atom. The topological polar surface area (TPSA) is 56.5 Å². The van der Waals surface area contributed by atoms with E-state index in [9.17, 15) is 4.79 Å². The van der Waals surface area contributed by atoms with Gasteiger partial charge in [-0.15, -0.1) is 11.3 Å². The van der Waals surface area contributed by atoms with Crippen LogP contribution in [0.4, 0.5) is 0 Å². The highest BCUT2D eigenvalue weighted by Crippen LogP contribution is 2.11. The molecule has 0 radical (unpaired) electrons. The molecule has 0 saturated heterocycles. The SMILES string of the molecule is COCc1nc(C(=O)n2ccccc2=NC(C)C)cs1. The third kappa shape index (κ3) is 3.40. The van der Waals surface area contributed by atoms with Crippen LogP contribution in [0, 0.1) is 0 Å². The van der Waals surface area contributed by atoms with Crippen LogP contribution in [-0.4, -0.2) is 28.6 Å². The van der Waals surface area contributed by atoms with E-state index in [4.69, 9.17) is 4.74 Å². The van der Waals surface area contributed by atoms with Crippen LogP contribution in [0.25, 0.3) is 0 Å². The van der Waals surface area contributed by atoms with Gasteiger partial charge in [0, 0.05) is 24.7 Å². The minimum absolute atomic E-state index is 0.121. The van der Waals surface area contributed by atoms with Gasteiger partial charge >= 0.3 is 0 Å². The number of ether oxygens (including phenoxy) is 1. The predicted octanol–water partition coefficient (Wildman–Crippen LogP) is 2.09. The van der Waals surface area contributed by atoms with Crippen molar-refractivity contribution in [3.8, 4) is 0 Å². The fraction of sp³-hybridized carbons (Fsp3) is 0.357. The van der Waals surface area contributed by atoms with E-state index < -0.39 is 0 Å².